The summed E-state index contributed by atoms with van der Waals surface area (Å²) in [7, 11) is 0. The molecule has 4 heterocycles. The molecule has 3 aliphatic rings. The number of hydrogen-bond acceptors (Lipinski definition) is 6. The van der Waals surface area contributed by atoms with Gasteiger partial charge in [-0.1, -0.05) is 18.2 Å². The molecule has 2 atom stereocenters. The van der Waals surface area contributed by atoms with Crippen LogP contribution in [-0.2, 0) is 25.5 Å². The minimum atomic E-state index is -0.478. The summed E-state index contributed by atoms with van der Waals surface area (Å²) in [6, 6.07) is 10.2. The van der Waals surface area contributed by atoms with E-state index in [4.69, 9.17) is 14.2 Å². The summed E-state index contributed by atoms with van der Waals surface area (Å²) in [6.07, 6.45) is 5.94. The smallest absolute Gasteiger partial charge is 0.256 e. The number of hydrogen-bond donors (Lipinski definition) is 1. The van der Waals surface area contributed by atoms with Crippen molar-refractivity contribution in [3.05, 3.63) is 53.7 Å². The van der Waals surface area contributed by atoms with Crippen molar-refractivity contribution in [3.8, 4) is 0 Å². The molecule has 1 N–H and O–H groups in total. The number of anilines is 3. The van der Waals surface area contributed by atoms with Gasteiger partial charge in [-0.25, -0.2) is 4.98 Å². The third-order valence-corrected chi connectivity index (χ3v) is 6.34. The number of carbonyl (C=O) groups is 1. The first kappa shape index (κ1) is 22.1. The van der Waals surface area contributed by atoms with E-state index in [1.54, 1.807) is 6.20 Å². The predicted octanol–water partition coefficient (Wildman–Crippen LogP) is 4.45. The summed E-state index contributed by atoms with van der Waals surface area (Å²) in [5.41, 5.74) is 5.07. The Labute approximate surface area is 194 Å². The van der Waals surface area contributed by atoms with Crippen LogP contribution in [0.5, 0.6) is 0 Å². The molecular weight excluding hydrogens is 418 g/mol. The van der Waals surface area contributed by atoms with E-state index < -0.39 is 6.10 Å². The molecule has 33 heavy (non-hydrogen) atoms. The van der Waals surface area contributed by atoms with Gasteiger partial charge in [0.15, 0.2) is 0 Å². The SMILES string of the molecule is CC(C)O[C@H]1CC[C@H](C(=O)N2Cc3cccnc3Nc3ccc(C4=CCOCC4)cc32)OC1. The van der Waals surface area contributed by atoms with Crippen molar-refractivity contribution in [2.75, 3.05) is 30.0 Å². The largest absolute Gasteiger partial charge is 0.377 e. The van der Waals surface area contributed by atoms with E-state index in [1.165, 1.54) is 5.57 Å². The van der Waals surface area contributed by atoms with Crippen LogP contribution in [0.2, 0.25) is 0 Å². The maximum Gasteiger partial charge on any atom is 0.256 e. The maximum absolute atomic E-state index is 13.8. The zero-order chi connectivity index (χ0) is 22.8. The first-order valence-electron chi connectivity index (χ1n) is 11.8. The number of ether oxygens (including phenoxy) is 3. The summed E-state index contributed by atoms with van der Waals surface area (Å²) in [6.45, 7) is 6.27. The van der Waals surface area contributed by atoms with Crippen molar-refractivity contribution in [1.29, 1.82) is 0 Å². The Hall–Kier alpha value is -2.74. The summed E-state index contributed by atoms with van der Waals surface area (Å²) in [4.78, 5) is 20.1. The second-order valence-electron chi connectivity index (χ2n) is 9.05. The molecule has 7 nitrogen and oxygen atoms in total. The minimum absolute atomic E-state index is 0.0177. The summed E-state index contributed by atoms with van der Waals surface area (Å²) >= 11 is 0. The minimum Gasteiger partial charge on any atom is -0.377 e. The van der Waals surface area contributed by atoms with Gasteiger partial charge in [-0.3, -0.25) is 4.79 Å². The molecule has 0 unspecified atom stereocenters. The van der Waals surface area contributed by atoms with Crippen LogP contribution in [0, 0.1) is 0 Å². The molecule has 3 aliphatic heterocycles. The van der Waals surface area contributed by atoms with Crippen molar-refractivity contribution in [1.82, 2.24) is 4.98 Å². The Morgan fingerprint density at radius 2 is 2.18 bits per heavy atom. The van der Waals surface area contributed by atoms with Gasteiger partial charge in [0.1, 0.15) is 11.9 Å². The second kappa shape index (κ2) is 9.63. The standard InChI is InChI=1S/C26H31N3O4/c1-17(2)33-21-6-8-24(32-16-21)26(30)29-15-20-4-3-11-27-25(20)28-22-7-5-19(14-23(22)29)18-9-12-31-13-10-18/h3-5,7,9,11,14,17,21,24H,6,8,10,12-13,15-16H2,1-2H3,(H,27,28)/t21-,24+/m0/s1. The van der Waals surface area contributed by atoms with E-state index in [0.717, 1.165) is 41.2 Å². The highest BCUT2D eigenvalue weighted by Crippen LogP contribution is 2.38. The molecule has 1 fully saturated rings. The zero-order valence-corrected chi connectivity index (χ0v) is 19.3. The molecule has 7 heteroatoms. The van der Waals surface area contributed by atoms with E-state index in [1.807, 2.05) is 36.9 Å². The first-order chi connectivity index (χ1) is 16.1. The van der Waals surface area contributed by atoms with Gasteiger partial charge in [0.2, 0.25) is 0 Å². The third-order valence-electron chi connectivity index (χ3n) is 6.34. The molecular formula is C26H31N3O4. The van der Waals surface area contributed by atoms with Crippen LogP contribution in [0.3, 0.4) is 0 Å². The lowest BCUT2D eigenvalue weighted by atomic mass is 9.99. The number of carbonyl (C=O) groups excluding carboxylic acids is 1. The molecule has 0 radical (unpaired) electrons. The summed E-state index contributed by atoms with van der Waals surface area (Å²) in [5.74, 6) is 0.762. The van der Waals surface area contributed by atoms with Crippen molar-refractivity contribution >= 4 is 28.7 Å². The molecule has 174 valence electrons. The molecule has 1 saturated heterocycles. The predicted molar refractivity (Wildman–Crippen MR) is 128 cm³/mol. The van der Waals surface area contributed by atoms with Crippen LogP contribution in [0.1, 0.15) is 44.2 Å². The first-order valence-corrected chi connectivity index (χ1v) is 11.8. The molecule has 0 spiro atoms. The van der Waals surface area contributed by atoms with E-state index in [9.17, 15) is 4.79 Å². The average molecular weight is 450 g/mol. The van der Waals surface area contributed by atoms with Gasteiger partial charge in [0.05, 0.1) is 49.9 Å². The summed E-state index contributed by atoms with van der Waals surface area (Å²) < 4.78 is 17.4. The van der Waals surface area contributed by atoms with E-state index >= 15 is 0 Å². The fourth-order valence-corrected chi connectivity index (χ4v) is 4.70. The fraction of sp³-hybridized carbons (Fsp3) is 0.462. The lowest BCUT2D eigenvalue weighted by molar-refractivity contribution is -0.143. The van der Waals surface area contributed by atoms with Gasteiger partial charge in [0.25, 0.3) is 5.91 Å². The highest BCUT2D eigenvalue weighted by Gasteiger charge is 2.34. The molecule has 5 rings (SSSR count). The number of aromatic nitrogens is 1. The molecule has 0 bridgehead atoms. The van der Waals surface area contributed by atoms with Gasteiger partial charge in [-0.15, -0.1) is 0 Å². The number of pyridine rings is 1. The van der Waals surface area contributed by atoms with Crippen molar-refractivity contribution in [3.63, 3.8) is 0 Å². The van der Waals surface area contributed by atoms with Crippen LogP contribution < -0.4 is 10.2 Å². The molecule has 0 saturated carbocycles. The zero-order valence-electron chi connectivity index (χ0n) is 19.3. The number of nitrogens with one attached hydrogen (secondary N) is 1. The highest BCUT2D eigenvalue weighted by atomic mass is 16.5. The lowest BCUT2D eigenvalue weighted by Crippen LogP contribution is -2.44. The number of nitrogens with zero attached hydrogens (tertiary/aromatic N) is 2. The van der Waals surface area contributed by atoms with E-state index in [0.29, 0.717) is 32.8 Å². The quantitative estimate of drug-likeness (QED) is 0.744. The second-order valence-corrected chi connectivity index (χ2v) is 9.05. The van der Waals surface area contributed by atoms with Gasteiger partial charge >= 0.3 is 0 Å². The Morgan fingerprint density at radius 1 is 1.27 bits per heavy atom. The Morgan fingerprint density at radius 3 is 2.94 bits per heavy atom. The van der Waals surface area contributed by atoms with Crippen LogP contribution in [0.4, 0.5) is 17.2 Å². The van der Waals surface area contributed by atoms with Crippen molar-refractivity contribution in [2.24, 2.45) is 0 Å². The van der Waals surface area contributed by atoms with Crippen LogP contribution >= 0.6 is 0 Å². The normalized spacial score (nSPS) is 22.6. The number of fused-ring (bicyclic) bond motifs is 2. The van der Waals surface area contributed by atoms with Gasteiger partial charge < -0.3 is 24.4 Å². The van der Waals surface area contributed by atoms with Crippen molar-refractivity contribution < 1.29 is 19.0 Å². The van der Waals surface area contributed by atoms with Crippen molar-refractivity contribution in [2.45, 2.75) is 58.0 Å². The third kappa shape index (κ3) is 4.81. The topological polar surface area (TPSA) is 72.9 Å². The molecule has 1 amide bonds. The molecule has 1 aromatic carbocycles. The monoisotopic (exact) mass is 449 g/mol. The maximum atomic E-state index is 13.8. The van der Waals surface area contributed by atoms with Crippen LogP contribution in [-0.4, -0.2) is 49.0 Å². The Bertz CT molecular complexity index is 1040. The lowest BCUT2D eigenvalue weighted by Gasteiger charge is -2.33. The number of amides is 1. The van der Waals surface area contributed by atoms with Gasteiger partial charge in [0, 0.05) is 11.8 Å². The highest BCUT2D eigenvalue weighted by molar-refractivity contribution is 6.01. The number of benzene rings is 1. The van der Waals surface area contributed by atoms with Gasteiger partial charge in [-0.2, -0.15) is 0 Å². The molecule has 2 aromatic rings. The fourth-order valence-electron chi connectivity index (χ4n) is 4.70. The number of rotatable bonds is 4. The Kier molecular flexibility index (Phi) is 6.44. The van der Waals surface area contributed by atoms with E-state index in [-0.39, 0.29) is 18.1 Å². The Balaban J connectivity index is 1.45. The van der Waals surface area contributed by atoms with Gasteiger partial charge in [-0.05, 0) is 62.4 Å². The van der Waals surface area contributed by atoms with Crippen LogP contribution in [0.25, 0.3) is 5.57 Å². The average Bonchev–Trinajstić information content (AvgIpc) is 3.00. The van der Waals surface area contributed by atoms with E-state index in [2.05, 4.69) is 28.5 Å². The molecule has 0 aliphatic carbocycles. The summed E-state index contributed by atoms with van der Waals surface area (Å²) in [5, 5.41) is 3.44. The molecule has 1 aromatic heterocycles. The van der Waals surface area contributed by atoms with Crippen LogP contribution in [0.15, 0.2) is 42.6 Å².